The summed E-state index contributed by atoms with van der Waals surface area (Å²) in [5, 5.41) is 11.3. The van der Waals surface area contributed by atoms with Gasteiger partial charge >= 0.3 is 0 Å². The molecule has 0 radical (unpaired) electrons. The van der Waals surface area contributed by atoms with Crippen molar-refractivity contribution in [1.29, 1.82) is 0 Å². The quantitative estimate of drug-likeness (QED) is 0.267. The molecule has 1 amide bonds. The first-order valence-corrected chi connectivity index (χ1v) is 13.1. The van der Waals surface area contributed by atoms with E-state index in [9.17, 15) is 4.79 Å². The molecule has 2 N–H and O–H groups in total. The first kappa shape index (κ1) is 24.7. The van der Waals surface area contributed by atoms with E-state index in [2.05, 4.69) is 41.4 Å². The van der Waals surface area contributed by atoms with Gasteiger partial charge in [0.1, 0.15) is 11.6 Å². The number of amides is 1. The molecule has 198 valence electrons. The zero-order valence-corrected chi connectivity index (χ0v) is 22.5. The fraction of sp³-hybridized carbons (Fsp3) is 0.267. The van der Waals surface area contributed by atoms with Crippen LogP contribution < -0.4 is 15.4 Å². The third kappa shape index (κ3) is 5.20. The van der Waals surface area contributed by atoms with Gasteiger partial charge in [-0.05, 0) is 49.6 Å². The number of fused-ring (bicyclic) bond motifs is 1. The van der Waals surface area contributed by atoms with E-state index in [1.807, 2.05) is 60.0 Å². The van der Waals surface area contributed by atoms with Gasteiger partial charge < -0.3 is 15.4 Å². The Morgan fingerprint density at radius 1 is 1.08 bits per heavy atom. The van der Waals surface area contributed by atoms with Crippen molar-refractivity contribution in [2.75, 3.05) is 10.6 Å². The monoisotopic (exact) mass is 521 g/mol. The number of rotatable bonds is 7. The zero-order valence-electron chi connectivity index (χ0n) is 22.5. The lowest BCUT2D eigenvalue weighted by Gasteiger charge is -2.14. The molecule has 5 aromatic rings. The summed E-state index contributed by atoms with van der Waals surface area (Å²) < 4.78 is 9.87. The molecular weight excluding hydrogens is 490 g/mol. The van der Waals surface area contributed by atoms with Gasteiger partial charge in [-0.25, -0.2) is 9.67 Å². The van der Waals surface area contributed by atoms with E-state index >= 15 is 0 Å². The molecule has 6 rings (SSSR count). The van der Waals surface area contributed by atoms with Gasteiger partial charge in [-0.3, -0.25) is 9.20 Å². The highest BCUT2D eigenvalue weighted by Gasteiger charge is 2.24. The van der Waals surface area contributed by atoms with Gasteiger partial charge in [-0.1, -0.05) is 45.0 Å². The fourth-order valence-corrected chi connectivity index (χ4v) is 4.23. The third-order valence-electron chi connectivity index (χ3n) is 6.66. The first-order valence-electron chi connectivity index (χ1n) is 13.1. The lowest BCUT2D eigenvalue weighted by Crippen LogP contribution is -2.15. The smallest absolute Gasteiger partial charge is 0.256 e. The predicted octanol–water partition coefficient (Wildman–Crippen LogP) is 6.14. The maximum atomic E-state index is 13.4. The van der Waals surface area contributed by atoms with Crippen LogP contribution in [0.1, 0.15) is 55.2 Å². The fourth-order valence-electron chi connectivity index (χ4n) is 4.23. The second kappa shape index (κ2) is 9.58. The molecule has 1 aliphatic carbocycles. The van der Waals surface area contributed by atoms with Crippen LogP contribution in [0.15, 0.2) is 73.2 Å². The molecule has 0 bridgehead atoms. The molecule has 0 aliphatic heterocycles. The number of aromatic nitrogens is 5. The number of aryl methyl sites for hydroxylation is 1. The van der Waals surface area contributed by atoms with E-state index in [-0.39, 0.29) is 11.3 Å². The Labute approximate surface area is 226 Å². The number of benzene rings is 2. The predicted molar refractivity (Wildman–Crippen MR) is 151 cm³/mol. The van der Waals surface area contributed by atoms with Crippen molar-refractivity contribution in [3.05, 3.63) is 90.0 Å². The Morgan fingerprint density at radius 3 is 2.62 bits per heavy atom. The maximum Gasteiger partial charge on any atom is 0.256 e. The summed E-state index contributed by atoms with van der Waals surface area (Å²) in [6, 6.07) is 17.5. The summed E-state index contributed by atoms with van der Waals surface area (Å²) >= 11 is 0. The van der Waals surface area contributed by atoms with Crippen LogP contribution in [0, 0.1) is 6.92 Å². The number of hydrogen-bond acceptors (Lipinski definition) is 6. The number of nitrogens with zero attached hydrogens (tertiary/aromatic N) is 5. The molecule has 1 aliphatic rings. The number of para-hydroxylation sites is 1. The third-order valence-corrected chi connectivity index (χ3v) is 6.66. The Bertz CT molecular complexity index is 1660. The second-order valence-electron chi connectivity index (χ2n) is 11.0. The summed E-state index contributed by atoms with van der Waals surface area (Å²) in [5.41, 5.74) is 3.68. The van der Waals surface area contributed by atoms with Crippen molar-refractivity contribution < 1.29 is 9.53 Å². The number of carbonyl (C=O) groups is 1. The van der Waals surface area contributed by atoms with Gasteiger partial charge in [0.2, 0.25) is 5.88 Å². The summed E-state index contributed by atoms with van der Waals surface area (Å²) in [5.74, 6) is 2.00. The van der Waals surface area contributed by atoms with Crippen LogP contribution in [0.4, 0.5) is 11.6 Å². The molecule has 0 saturated heterocycles. The van der Waals surface area contributed by atoms with Crippen LogP contribution in [0.5, 0.6) is 11.6 Å². The molecule has 2 aromatic carbocycles. The highest BCUT2D eigenvalue weighted by Crippen LogP contribution is 2.31. The minimum absolute atomic E-state index is 0.180. The normalized spacial score (nSPS) is 13.4. The number of anilines is 2. The van der Waals surface area contributed by atoms with Crippen molar-refractivity contribution in [1.82, 2.24) is 24.1 Å². The standard InChI is InChI=1S/C30H31N7O2/c1-19-10-11-20(16-23(19)39-26-18-36-15-14-31-28(36)27(34-26)32-21-12-13-21)29(38)33-25-17-24(30(2,3)4)35-37(25)22-8-6-5-7-9-22/h5-11,14-18,21H,12-13H2,1-4H3,(H,32,34)(H,33,38). The minimum Gasteiger partial charge on any atom is -0.437 e. The second-order valence-corrected chi connectivity index (χ2v) is 11.0. The molecule has 0 unspecified atom stereocenters. The molecule has 9 heteroatoms. The van der Waals surface area contributed by atoms with Gasteiger partial charge in [-0.15, -0.1) is 0 Å². The van der Waals surface area contributed by atoms with Gasteiger partial charge in [-0.2, -0.15) is 10.1 Å². The highest BCUT2D eigenvalue weighted by molar-refractivity contribution is 6.04. The molecular formula is C30H31N7O2. The van der Waals surface area contributed by atoms with Crippen LogP contribution in [-0.4, -0.2) is 36.1 Å². The summed E-state index contributed by atoms with van der Waals surface area (Å²) in [7, 11) is 0. The number of nitrogens with one attached hydrogen (secondary N) is 2. The Balaban J connectivity index is 1.28. The van der Waals surface area contributed by atoms with Crippen LogP contribution >= 0.6 is 0 Å². The van der Waals surface area contributed by atoms with Gasteiger partial charge in [0.25, 0.3) is 5.91 Å². The number of carbonyl (C=O) groups excluding carboxylic acids is 1. The zero-order chi connectivity index (χ0) is 27.1. The van der Waals surface area contributed by atoms with E-state index in [4.69, 9.17) is 9.84 Å². The van der Waals surface area contributed by atoms with Gasteiger partial charge in [0.05, 0.1) is 17.6 Å². The Morgan fingerprint density at radius 2 is 1.87 bits per heavy atom. The van der Waals surface area contributed by atoms with Crippen molar-refractivity contribution in [2.45, 2.75) is 52.0 Å². The first-order chi connectivity index (χ1) is 18.7. The highest BCUT2D eigenvalue weighted by atomic mass is 16.5. The minimum atomic E-state index is -0.258. The lowest BCUT2D eigenvalue weighted by molar-refractivity contribution is 0.102. The van der Waals surface area contributed by atoms with Gasteiger partial charge in [0.15, 0.2) is 11.5 Å². The van der Waals surface area contributed by atoms with Crippen molar-refractivity contribution in [3.63, 3.8) is 0 Å². The average molecular weight is 522 g/mol. The molecule has 1 saturated carbocycles. The van der Waals surface area contributed by atoms with Gasteiger partial charge in [0, 0.05) is 35.5 Å². The molecule has 39 heavy (non-hydrogen) atoms. The molecule has 3 aromatic heterocycles. The topological polar surface area (TPSA) is 98.4 Å². The molecule has 9 nitrogen and oxygen atoms in total. The number of hydrogen-bond donors (Lipinski definition) is 2. The average Bonchev–Trinajstić information content (AvgIpc) is 3.41. The SMILES string of the molecule is Cc1ccc(C(=O)Nc2cc(C(C)(C)C)nn2-c2ccccc2)cc1Oc1cn2ccnc2c(NC2CC2)n1. The van der Waals surface area contributed by atoms with Crippen LogP contribution in [-0.2, 0) is 5.41 Å². The van der Waals surface area contributed by atoms with Crippen LogP contribution in [0.25, 0.3) is 11.3 Å². The molecule has 1 fully saturated rings. The lowest BCUT2D eigenvalue weighted by atomic mass is 9.92. The summed E-state index contributed by atoms with van der Waals surface area (Å²) in [6.45, 7) is 8.23. The molecule has 3 heterocycles. The van der Waals surface area contributed by atoms with E-state index in [1.54, 1.807) is 29.2 Å². The van der Waals surface area contributed by atoms with Crippen LogP contribution in [0.2, 0.25) is 0 Å². The van der Waals surface area contributed by atoms with Crippen molar-refractivity contribution in [3.8, 4) is 17.3 Å². The van der Waals surface area contributed by atoms with Crippen molar-refractivity contribution in [2.24, 2.45) is 0 Å². The van der Waals surface area contributed by atoms with E-state index < -0.39 is 0 Å². The maximum absolute atomic E-state index is 13.4. The Hall–Kier alpha value is -4.66. The van der Waals surface area contributed by atoms with E-state index in [1.165, 1.54) is 0 Å². The largest absolute Gasteiger partial charge is 0.437 e. The molecule has 0 spiro atoms. The summed E-state index contributed by atoms with van der Waals surface area (Å²) in [4.78, 5) is 22.5. The molecule has 0 atom stereocenters. The van der Waals surface area contributed by atoms with Crippen molar-refractivity contribution >= 4 is 23.2 Å². The van der Waals surface area contributed by atoms with E-state index in [0.717, 1.165) is 35.4 Å². The number of imidazole rings is 1. The van der Waals surface area contributed by atoms with E-state index in [0.29, 0.717) is 34.9 Å². The summed E-state index contributed by atoms with van der Waals surface area (Å²) in [6.07, 6.45) is 7.63. The Kier molecular flexibility index (Phi) is 6.06. The van der Waals surface area contributed by atoms with Crippen LogP contribution in [0.3, 0.4) is 0 Å². The number of ether oxygens (including phenoxy) is 1.